The SMILES string of the molecule is C=C(C)C(NC)c1cccc(OCC)c1. The Morgan fingerprint density at radius 2 is 2.27 bits per heavy atom. The first-order valence-corrected chi connectivity index (χ1v) is 5.24. The van der Waals surface area contributed by atoms with Crippen LogP contribution < -0.4 is 10.1 Å². The second-order valence-corrected chi connectivity index (χ2v) is 3.57. The zero-order valence-corrected chi connectivity index (χ0v) is 9.71. The Kier molecular flexibility index (Phi) is 4.37. The van der Waals surface area contributed by atoms with E-state index < -0.39 is 0 Å². The summed E-state index contributed by atoms with van der Waals surface area (Å²) in [7, 11) is 1.94. The van der Waals surface area contributed by atoms with Crippen LogP contribution in [0.1, 0.15) is 25.5 Å². The summed E-state index contributed by atoms with van der Waals surface area (Å²) in [5.74, 6) is 0.913. The monoisotopic (exact) mass is 205 g/mol. The third kappa shape index (κ3) is 3.10. The largest absolute Gasteiger partial charge is 0.494 e. The highest BCUT2D eigenvalue weighted by Gasteiger charge is 2.09. The lowest BCUT2D eigenvalue weighted by Gasteiger charge is -2.17. The van der Waals surface area contributed by atoms with Gasteiger partial charge in [-0.1, -0.05) is 24.3 Å². The molecule has 15 heavy (non-hydrogen) atoms. The van der Waals surface area contributed by atoms with Crippen molar-refractivity contribution in [2.24, 2.45) is 0 Å². The Morgan fingerprint density at radius 1 is 1.53 bits per heavy atom. The van der Waals surface area contributed by atoms with Crippen LogP contribution in [0, 0.1) is 0 Å². The van der Waals surface area contributed by atoms with Crippen molar-refractivity contribution in [1.82, 2.24) is 5.32 Å². The van der Waals surface area contributed by atoms with Crippen LogP contribution in [0.2, 0.25) is 0 Å². The summed E-state index contributed by atoms with van der Waals surface area (Å²) >= 11 is 0. The van der Waals surface area contributed by atoms with Crippen molar-refractivity contribution in [2.75, 3.05) is 13.7 Å². The Labute approximate surface area is 92.0 Å². The summed E-state index contributed by atoms with van der Waals surface area (Å²) in [5.41, 5.74) is 2.29. The summed E-state index contributed by atoms with van der Waals surface area (Å²) in [6.45, 7) is 8.68. The molecule has 0 heterocycles. The van der Waals surface area contributed by atoms with Crippen molar-refractivity contribution >= 4 is 0 Å². The lowest BCUT2D eigenvalue weighted by molar-refractivity contribution is 0.339. The lowest BCUT2D eigenvalue weighted by atomic mass is 10.0. The van der Waals surface area contributed by atoms with Gasteiger partial charge in [-0.05, 0) is 38.6 Å². The van der Waals surface area contributed by atoms with E-state index in [1.54, 1.807) is 0 Å². The van der Waals surface area contributed by atoms with Gasteiger partial charge >= 0.3 is 0 Å². The Hall–Kier alpha value is -1.28. The number of likely N-dealkylation sites (N-methyl/N-ethyl adjacent to an activating group) is 1. The van der Waals surface area contributed by atoms with E-state index in [2.05, 4.69) is 24.0 Å². The highest BCUT2D eigenvalue weighted by Crippen LogP contribution is 2.23. The zero-order chi connectivity index (χ0) is 11.3. The topological polar surface area (TPSA) is 21.3 Å². The van der Waals surface area contributed by atoms with Crippen LogP contribution in [0.15, 0.2) is 36.4 Å². The molecule has 1 aromatic carbocycles. The Bertz CT molecular complexity index is 333. The standard InChI is InChI=1S/C13H19NO/c1-5-15-12-8-6-7-11(9-12)13(14-4)10(2)3/h6-9,13-14H,2,5H2,1,3-4H3. The molecular weight excluding hydrogens is 186 g/mol. The van der Waals surface area contributed by atoms with Gasteiger partial charge < -0.3 is 10.1 Å². The fourth-order valence-corrected chi connectivity index (χ4v) is 1.65. The molecule has 82 valence electrons. The highest BCUT2D eigenvalue weighted by molar-refractivity contribution is 5.33. The molecule has 1 aromatic rings. The minimum Gasteiger partial charge on any atom is -0.494 e. The first-order chi connectivity index (χ1) is 7.19. The van der Waals surface area contributed by atoms with Crippen LogP contribution in [0.5, 0.6) is 5.75 Å². The van der Waals surface area contributed by atoms with E-state index in [0.29, 0.717) is 6.61 Å². The maximum atomic E-state index is 5.46. The van der Waals surface area contributed by atoms with Gasteiger partial charge in [0.2, 0.25) is 0 Å². The highest BCUT2D eigenvalue weighted by atomic mass is 16.5. The predicted octanol–water partition coefficient (Wildman–Crippen LogP) is 2.92. The second kappa shape index (κ2) is 5.56. The van der Waals surface area contributed by atoms with Crippen LogP contribution in [0.3, 0.4) is 0 Å². The number of rotatable bonds is 5. The number of benzene rings is 1. The van der Waals surface area contributed by atoms with E-state index in [-0.39, 0.29) is 6.04 Å². The molecule has 0 aliphatic heterocycles. The molecule has 0 aliphatic rings. The molecule has 0 spiro atoms. The van der Waals surface area contributed by atoms with E-state index in [9.17, 15) is 0 Å². The quantitative estimate of drug-likeness (QED) is 0.746. The molecule has 2 heteroatoms. The summed E-state index contributed by atoms with van der Waals surface area (Å²) < 4.78 is 5.46. The number of nitrogens with one attached hydrogen (secondary N) is 1. The fourth-order valence-electron chi connectivity index (χ4n) is 1.65. The third-order valence-electron chi connectivity index (χ3n) is 2.28. The van der Waals surface area contributed by atoms with Crippen molar-refractivity contribution < 1.29 is 4.74 Å². The van der Waals surface area contributed by atoms with Gasteiger partial charge in [0.15, 0.2) is 0 Å². The summed E-state index contributed by atoms with van der Waals surface area (Å²) in [4.78, 5) is 0. The molecule has 0 saturated heterocycles. The van der Waals surface area contributed by atoms with Crippen molar-refractivity contribution in [3.05, 3.63) is 42.0 Å². The third-order valence-corrected chi connectivity index (χ3v) is 2.28. The first kappa shape index (κ1) is 11.8. The van der Waals surface area contributed by atoms with Crippen LogP contribution in [0.25, 0.3) is 0 Å². The smallest absolute Gasteiger partial charge is 0.119 e. The van der Waals surface area contributed by atoms with Gasteiger partial charge in [0, 0.05) is 0 Å². The van der Waals surface area contributed by atoms with Crippen molar-refractivity contribution in [3.8, 4) is 5.75 Å². The number of hydrogen-bond donors (Lipinski definition) is 1. The molecule has 0 saturated carbocycles. The molecule has 0 fully saturated rings. The van der Waals surface area contributed by atoms with Crippen molar-refractivity contribution in [2.45, 2.75) is 19.9 Å². The molecule has 0 aromatic heterocycles. The Balaban J connectivity index is 2.92. The first-order valence-electron chi connectivity index (χ1n) is 5.24. The summed E-state index contributed by atoms with van der Waals surface area (Å²) in [6, 6.07) is 8.31. The number of hydrogen-bond acceptors (Lipinski definition) is 2. The summed E-state index contributed by atoms with van der Waals surface area (Å²) in [6.07, 6.45) is 0. The maximum absolute atomic E-state index is 5.46. The van der Waals surface area contributed by atoms with Gasteiger partial charge in [-0.25, -0.2) is 0 Å². The van der Waals surface area contributed by atoms with Crippen LogP contribution in [0.4, 0.5) is 0 Å². The van der Waals surface area contributed by atoms with Gasteiger partial charge in [-0.2, -0.15) is 0 Å². The van der Waals surface area contributed by atoms with Gasteiger partial charge in [-0.3, -0.25) is 0 Å². The van der Waals surface area contributed by atoms with Crippen molar-refractivity contribution in [1.29, 1.82) is 0 Å². The molecule has 0 amide bonds. The molecular formula is C13H19NO. The van der Waals surface area contributed by atoms with Crippen LogP contribution in [-0.4, -0.2) is 13.7 Å². The zero-order valence-electron chi connectivity index (χ0n) is 9.71. The Morgan fingerprint density at radius 3 is 2.80 bits per heavy atom. The van der Waals surface area contributed by atoms with Gasteiger partial charge in [0.25, 0.3) is 0 Å². The van der Waals surface area contributed by atoms with E-state index in [1.165, 1.54) is 5.56 Å². The second-order valence-electron chi connectivity index (χ2n) is 3.57. The van der Waals surface area contributed by atoms with Gasteiger partial charge in [-0.15, -0.1) is 0 Å². The molecule has 1 unspecified atom stereocenters. The van der Waals surface area contributed by atoms with Crippen LogP contribution >= 0.6 is 0 Å². The minimum atomic E-state index is 0.199. The average molecular weight is 205 g/mol. The minimum absolute atomic E-state index is 0.199. The van der Waals surface area contributed by atoms with Crippen LogP contribution in [-0.2, 0) is 0 Å². The average Bonchev–Trinajstić information content (AvgIpc) is 2.19. The molecule has 1 rings (SSSR count). The summed E-state index contributed by atoms with van der Waals surface area (Å²) in [5, 5.41) is 3.23. The molecule has 1 N–H and O–H groups in total. The van der Waals surface area contributed by atoms with E-state index in [0.717, 1.165) is 11.3 Å². The van der Waals surface area contributed by atoms with Gasteiger partial charge in [0.05, 0.1) is 12.6 Å². The van der Waals surface area contributed by atoms with E-state index >= 15 is 0 Å². The maximum Gasteiger partial charge on any atom is 0.119 e. The van der Waals surface area contributed by atoms with E-state index in [1.807, 2.05) is 33.0 Å². The molecule has 0 aliphatic carbocycles. The number of ether oxygens (including phenoxy) is 1. The predicted molar refractivity (Wildman–Crippen MR) is 64.2 cm³/mol. The lowest BCUT2D eigenvalue weighted by Crippen LogP contribution is -2.16. The van der Waals surface area contributed by atoms with Gasteiger partial charge in [0.1, 0.15) is 5.75 Å². The normalized spacial score (nSPS) is 12.2. The fraction of sp³-hybridized carbons (Fsp3) is 0.385. The van der Waals surface area contributed by atoms with Crippen molar-refractivity contribution in [3.63, 3.8) is 0 Å². The molecule has 1 atom stereocenters. The molecule has 2 nitrogen and oxygen atoms in total. The van der Waals surface area contributed by atoms with E-state index in [4.69, 9.17) is 4.74 Å². The molecule has 0 bridgehead atoms. The molecule has 0 radical (unpaired) electrons.